The molecule has 0 heterocycles. The zero-order valence-corrected chi connectivity index (χ0v) is 16.6. The summed E-state index contributed by atoms with van der Waals surface area (Å²) in [7, 11) is 0. The third kappa shape index (κ3) is 4.69. The van der Waals surface area contributed by atoms with E-state index in [1.54, 1.807) is 26.0 Å². The molecule has 0 spiro atoms. The van der Waals surface area contributed by atoms with Crippen LogP contribution < -0.4 is 0 Å². The fourth-order valence-electron chi connectivity index (χ4n) is 2.34. The van der Waals surface area contributed by atoms with Gasteiger partial charge >= 0.3 is 0 Å². The number of hydrogen-bond donors (Lipinski definition) is 0. The van der Waals surface area contributed by atoms with E-state index in [0.717, 1.165) is 9.81 Å². The summed E-state index contributed by atoms with van der Waals surface area (Å²) in [4.78, 5) is 27.3. The topological polar surface area (TPSA) is 34.1 Å². The minimum Gasteiger partial charge on any atom is -0.289 e. The van der Waals surface area contributed by atoms with Gasteiger partial charge in [-0.1, -0.05) is 61.5 Å². The van der Waals surface area contributed by atoms with Crippen LogP contribution in [0.4, 0.5) is 0 Å². The molecule has 2 aliphatic carbocycles. The van der Waals surface area contributed by atoms with Crippen molar-refractivity contribution in [3.8, 4) is 0 Å². The lowest BCUT2D eigenvalue weighted by atomic mass is 9.97. The Morgan fingerprint density at radius 2 is 1.20 bits per heavy atom. The molecule has 0 saturated carbocycles. The predicted molar refractivity (Wildman–Crippen MR) is 114 cm³/mol. The van der Waals surface area contributed by atoms with Crippen LogP contribution in [0.25, 0.3) is 0 Å². The highest BCUT2D eigenvalue weighted by molar-refractivity contribution is 8.10. The third-order valence-electron chi connectivity index (χ3n) is 3.70. The second kappa shape index (κ2) is 8.13. The van der Waals surface area contributed by atoms with Crippen molar-refractivity contribution in [3.05, 3.63) is 69.6 Å². The van der Waals surface area contributed by atoms with Crippen LogP contribution in [0.5, 0.6) is 0 Å². The fourth-order valence-corrected chi connectivity index (χ4v) is 3.92. The molecule has 0 unspecified atom stereocenters. The average molecular weight is 387 g/mol. The van der Waals surface area contributed by atoms with Crippen LogP contribution in [-0.2, 0) is 9.59 Å². The van der Waals surface area contributed by atoms with Crippen LogP contribution in [0.15, 0.2) is 69.6 Å². The van der Waals surface area contributed by atoms with E-state index >= 15 is 0 Å². The SMILES string of the molecule is C=C(C)C(=O)C1=CC=C(SC2=CC=C(C(=O)C(=C)C)CC2=S)C(=S)C1. The molecule has 0 N–H and O–H groups in total. The number of allylic oxidation sites excluding steroid dienone is 10. The Hall–Kier alpha value is -1.69. The smallest absolute Gasteiger partial charge is 0.184 e. The van der Waals surface area contributed by atoms with Crippen LogP contribution in [0.2, 0.25) is 0 Å². The first-order valence-corrected chi connectivity index (χ1v) is 9.30. The quantitative estimate of drug-likeness (QED) is 0.464. The van der Waals surface area contributed by atoms with Crippen molar-refractivity contribution in [2.75, 3.05) is 0 Å². The highest BCUT2D eigenvalue weighted by Gasteiger charge is 2.23. The summed E-state index contributed by atoms with van der Waals surface area (Å²) in [5.41, 5.74) is 2.34. The van der Waals surface area contributed by atoms with Crippen LogP contribution in [0, 0.1) is 0 Å². The van der Waals surface area contributed by atoms with E-state index in [4.69, 9.17) is 24.4 Å². The van der Waals surface area contributed by atoms with E-state index in [1.807, 2.05) is 12.2 Å². The summed E-state index contributed by atoms with van der Waals surface area (Å²) < 4.78 is 0. The number of rotatable bonds is 6. The molecule has 0 saturated heterocycles. The van der Waals surface area contributed by atoms with Gasteiger partial charge in [0.1, 0.15) is 0 Å². The van der Waals surface area contributed by atoms with Gasteiger partial charge < -0.3 is 0 Å². The lowest BCUT2D eigenvalue weighted by Gasteiger charge is -2.19. The molecule has 128 valence electrons. The third-order valence-corrected chi connectivity index (χ3v) is 5.89. The van der Waals surface area contributed by atoms with Gasteiger partial charge in [0.15, 0.2) is 11.6 Å². The second-order valence-electron chi connectivity index (χ2n) is 5.97. The molecule has 2 aliphatic rings. The second-order valence-corrected chi connectivity index (χ2v) is 8.04. The van der Waals surface area contributed by atoms with Gasteiger partial charge in [0.05, 0.1) is 0 Å². The maximum atomic E-state index is 12.0. The van der Waals surface area contributed by atoms with Crippen molar-refractivity contribution in [2.24, 2.45) is 0 Å². The van der Waals surface area contributed by atoms with Gasteiger partial charge in [-0.05, 0) is 37.1 Å². The Balaban J connectivity index is 2.20. The summed E-state index contributed by atoms with van der Waals surface area (Å²) in [5, 5.41) is 0. The Morgan fingerprint density at radius 1 is 0.840 bits per heavy atom. The van der Waals surface area contributed by atoms with Gasteiger partial charge in [-0.15, -0.1) is 0 Å². The molecular weight excluding hydrogens is 368 g/mol. The lowest BCUT2D eigenvalue weighted by Crippen LogP contribution is -2.14. The maximum absolute atomic E-state index is 12.0. The number of hydrogen-bond acceptors (Lipinski definition) is 5. The molecule has 0 bridgehead atoms. The van der Waals surface area contributed by atoms with Crippen molar-refractivity contribution in [3.63, 3.8) is 0 Å². The number of carbonyl (C=O) groups excluding carboxylic acids is 2. The van der Waals surface area contributed by atoms with Crippen molar-refractivity contribution in [1.29, 1.82) is 0 Å². The summed E-state index contributed by atoms with van der Waals surface area (Å²) >= 11 is 12.4. The molecule has 0 atom stereocenters. The normalized spacial score (nSPS) is 17.2. The molecule has 0 radical (unpaired) electrons. The van der Waals surface area contributed by atoms with Gasteiger partial charge in [-0.3, -0.25) is 9.59 Å². The molecule has 0 aromatic heterocycles. The largest absolute Gasteiger partial charge is 0.289 e. The highest BCUT2D eigenvalue weighted by Crippen LogP contribution is 2.36. The summed E-state index contributed by atoms with van der Waals surface area (Å²) in [6.45, 7) is 10.8. The Morgan fingerprint density at radius 3 is 1.48 bits per heavy atom. The van der Waals surface area contributed by atoms with Crippen LogP contribution in [-0.4, -0.2) is 21.3 Å². The number of thioether (sulfide) groups is 1. The Kier molecular flexibility index (Phi) is 6.38. The van der Waals surface area contributed by atoms with Gasteiger partial charge in [0, 0.05) is 43.5 Å². The summed E-state index contributed by atoms with van der Waals surface area (Å²) in [6, 6.07) is 0. The van der Waals surface area contributed by atoms with Crippen LogP contribution in [0.1, 0.15) is 26.7 Å². The first-order chi connectivity index (χ1) is 11.7. The Labute approximate surface area is 163 Å². The van der Waals surface area contributed by atoms with Crippen molar-refractivity contribution in [2.45, 2.75) is 26.7 Å². The highest BCUT2D eigenvalue weighted by atomic mass is 32.2. The molecular formula is C20H18O2S3. The maximum Gasteiger partial charge on any atom is 0.184 e. The zero-order valence-electron chi connectivity index (χ0n) is 14.2. The molecule has 0 amide bonds. The minimum atomic E-state index is -0.0547. The van der Waals surface area contributed by atoms with Crippen LogP contribution in [0.3, 0.4) is 0 Å². The monoisotopic (exact) mass is 386 g/mol. The predicted octanol–water partition coefficient (Wildman–Crippen LogP) is 5.18. The molecule has 0 aliphatic heterocycles. The molecule has 25 heavy (non-hydrogen) atoms. The van der Waals surface area contributed by atoms with Gasteiger partial charge in [0.2, 0.25) is 0 Å². The van der Waals surface area contributed by atoms with E-state index in [-0.39, 0.29) is 11.6 Å². The summed E-state index contributed by atoms with van der Waals surface area (Å²) in [5.74, 6) is -0.109. The molecule has 0 aromatic rings. The van der Waals surface area contributed by atoms with E-state index in [1.165, 1.54) is 11.8 Å². The van der Waals surface area contributed by atoms with E-state index in [2.05, 4.69) is 13.2 Å². The van der Waals surface area contributed by atoms with Crippen molar-refractivity contribution < 1.29 is 9.59 Å². The number of carbonyl (C=O) groups is 2. The van der Waals surface area contributed by atoms with Gasteiger partial charge in [-0.2, -0.15) is 0 Å². The minimum absolute atomic E-state index is 0.0547. The molecule has 2 nitrogen and oxygen atoms in total. The van der Waals surface area contributed by atoms with Crippen molar-refractivity contribution >= 4 is 57.5 Å². The van der Waals surface area contributed by atoms with Gasteiger partial charge in [0.25, 0.3) is 0 Å². The number of thiocarbonyl (C=S) groups is 2. The zero-order chi connectivity index (χ0) is 18.7. The fraction of sp³-hybridized carbons (Fsp3) is 0.200. The standard InChI is InChI=1S/C20H18O2S3/c1-11(2)19(21)13-5-7-17(15(23)9-13)25-18-8-6-14(10-16(18)24)20(22)12(3)4/h5-8H,1,3,9-10H2,2,4H3. The number of Topliss-reactive ketones (excluding diaryl/α,β-unsaturated/α-hetero) is 2. The molecule has 0 aromatic carbocycles. The average Bonchev–Trinajstić information content (AvgIpc) is 2.56. The Bertz CT molecular complexity index is 778. The number of ketones is 2. The first-order valence-electron chi connectivity index (χ1n) is 7.67. The molecule has 5 heteroatoms. The summed E-state index contributed by atoms with van der Waals surface area (Å²) in [6.07, 6.45) is 8.19. The first kappa shape index (κ1) is 19.6. The van der Waals surface area contributed by atoms with Crippen LogP contribution >= 0.6 is 36.2 Å². The van der Waals surface area contributed by atoms with E-state index in [9.17, 15) is 9.59 Å². The molecule has 2 rings (SSSR count). The molecule has 0 fully saturated rings. The van der Waals surface area contributed by atoms with E-state index < -0.39 is 0 Å². The lowest BCUT2D eigenvalue weighted by molar-refractivity contribution is -0.113. The van der Waals surface area contributed by atoms with Crippen molar-refractivity contribution in [1.82, 2.24) is 0 Å². The van der Waals surface area contributed by atoms with E-state index in [0.29, 0.717) is 44.9 Å². The van der Waals surface area contributed by atoms with Gasteiger partial charge in [-0.25, -0.2) is 0 Å².